The Labute approximate surface area is 97.5 Å². The second kappa shape index (κ2) is 3.72. The van der Waals surface area contributed by atoms with Gasteiger partial charge in [0.15, 0.2) is 0 Å². The number of hydrogen-bond donors (Lipinski definition) is 0. The normalized spacial score (nSPS) is 13.1. The fourth-order valence-corrected chi connectivity index (χ4v) is 2.70. The van der Waals surface area contributed by atoms with Crippen molar-refractivity contribution in [3.63, 3.8) is 0 Å². The zero-order chi connectivity index (χ0) is 11.0. The van der Waals surface area contributed by atoms with E-state index in [2.05, 4.69) is 39.0 Å². The Balaban J connectivity index is 2.12. The van der Waals surface area contributed by atoms with E-state index < -0.39 is 0 Å². The van der Waals surface area contributed by atoms with Crippen molar-refractivity contribution < 1.29 is 0 Å². The zero-order valence-electron chi connectivity index (χ0n) is 8.87. The Morgan fingerprint density at radius 3 is 3.00 bits per heavy atom. The lowest BCUT2D eigenvalue weighted by Crippen LogP contribution is -2.04. The minimum absolute atomic E-state index is 0.235. The fraction of sp³-hybridized carbons (Fsp3) is 0.167. The predicted octanol–water partition coefficient (Wildman–Crippen LogP) is 3.10. The summed E-state index contributed by atoms with van der Waals surface area (Å²) in [5.41, 5.74) is 1.12. The van der Waals surface area contributed by atoms with E-state index >= 15 is 0 Å². The molecule has 3 rings (SSSR count). The van der Waals surface area contributed by atoms with Crippen molar-refractivity contribution in [1.82, 2.24) is 13.9 Å². The summed E-state index contributed by atoms with van der Waals surface area (Å²) in [7, 11) is 0. The van der Waals surface area contributed by atoms with E-state index in [1.807, 2.05) is 18.6 Å². The molecule has 3 aromatic rings. The Hall–Kier alpha value is -1.68. The molecule has 0 N–H and O–H groups in total. The van der Waals surface area contributed by atoms with Gasteiger partial charge < -0.3 is 4.57 Å². The molecule has 0 aliphatic heterocycles. The van der Waals surface area contributed by atoms with Crippen molar-refractivity contribution in [3.05, 3.63) is 48.7 Å². The molecule has 0 bridgehead atoms. The largest absolute Gasteiger partial charge is 0.329 e. The highest BCUT2D eigenvalue weighted by Gasteiger charge is 2.13. The summed E-state index contributed by atoms with van der Waals surface area (Å²) in [5.74, 6) is 0. The van der Waals surface area contributed by atoms with Gasteiger partial charge in [0.1, 0.15) is 0 Å². The summed E-state index contributed by atoms with van der Waals surface area (Å²) in [4.78, 5) is 4.07. The van der Waals surface area contributed by atoms with Gasteiger partial charge in [-0.1, -0.05) is 18.2 Å². The summed E-state index contributed by atoms with van der Waals surface area (Å²) >= 11 is 1.56. The fourth-order valence-electron chi connectivity index (χ4n) is 1.85. The molecule has 0 saturated carbocycles. The van der Waals surface area contributed by atoms with Crippen LogP contribution in [0.1, 0.15) is 18.7 Å². The van der Waals surface area contributed by atoms with Gasteiger partial charge in [-0.3, -0.25) is 0 Å². The van der Waals surface area contributed by atoms with Gasteiger partial charge in [0, 0.05) is 17.8 Å². The topological polar surface area (TPSA) is 30.7 Å². The molecule has 0 fully saturated rings. The average Bonchev–Trinajstić information content (AvgIpc) is 2.98. The van der Waals surface area contributed by atoms with Gasteiger partial charge in [-0.05, 0) is 24.5 Å². The van der Waals surface area contributed by atoms with Gasteiger partial charge in [0.05, 0.1) is 22.8 Å². The monoisotopic (exact) mass is 229 g/mol. The van der Waals surface area contributed by atoms with E-state index in [0.29, 0.717) is 0 Å². The number of benzene rings is 1. The molecule has 4 heteroatoms. The first-order chi connectivity index (χ1) is 7.86. The summed E-state index contributed by atoms with van der Waals surface area (Å²) in [5, 5.41) is 1.24. The molecule has 0 spiro atoms. The van der Waals surface area contributed by atoms with Crippen molar-refractivity contribution in [2.45, 2.75) is 13.0 Å². The van der Waals surface area contributed by atoms with E-state index in [0.717, 1.165) is 5.69 Å². The first kappa shape index (κ1) is 9.54. The summed E-state index contributed by atoms with van der Waals surface area (Å²) in [6.07, 6.45) is 5.60. The minimum atomic E-state index is 0.235. The average molecular weight is 229 g/mol. The Morgan fingerprint density at radius 1 is 1.31 bits per heavy atom. The molecule has 1 aromatic carbocycles. The van der Waals surface area contributed by atoms with Gasteiger partial charge >= 0.3 is 0 Å². The van der Waals surface area contributed by atoms with Gasteiger partial charge in [-0.15, -0.1) is 0 Å². The van der Waals surface area contributed by atoms with E-state index in [1.54, 1.807) is 17.7 Å². The van der Waals surface area contributed by atoms with E-state index in [-0.39, 0.29) is 6.04 Å². The van der Waals surface area contributed by atoms with Gasteiger partial charge in [0.2, 0.25) is 0 Å². The van der Waals surface area contributed by atoms with Crippen LogP contribution in [0.5, 0.6) is 0 Å². The second-order valence-electron chi connectivity index (χ2n) is 3.75. The van der Waals surface area contributed by atoms with Crippen LogP contribution in [0.2, 0.25) is 0 Å². The van der Waals surface area contributed by atoms with Crippen LogP contribution in [0, 0.1) is 0 Å². The Bertz CT molecular complexity index is 598. The molecule has 2 aromatic heterocycles. The first-order valence-corrected chi connectivity index (χ1v) is 5.95. The minimum Gasteiger partial charge on any atom is -0.329 e. The quantitative estimate of drug-likeness (QED) is 0.676. The highest BCUT2D eigenvalue weighted by Crippen LogP contribution is 2.28. The van der Waals surface area contributed by atoms with Crippen molar-refractivity contribution in [2.24, 2.45) is 0 Å². The van der Waals surface area contributed by atoms with Crippen LogP contribution in [-0.4, -0.2) is 13.9 Å². The predicted molar refractivity (Wildman–Crippen MR) is 65.7 cm³/mol. The van der Waals surface area contributed by atoms with Crippen molar-refractivity contribution >= 4 is 21.6 Å². The van der Waals surface area contributed by atoms with Gasteiger partial charge in [0.25, 0.3) is 0 Å². The van der Waals surface area contributed by atoms with E-state index in [9.17, 15) is 0 Å². The van der Waals surface area contributed by atoms with Crippen molar-refractivity contribution in [2.75, 3.05) is 0 Å². The van der Waals surface area contributed by atoms with Crippen LogP contribution < -0.4 is 0 Å². The molecule has 16 heavy (non-hydrogen) atoms. The standard InChI is InChI=1S/C12H11N3S/c1-9(15-7-6-13-8-15)12-10-4-2-3-5-11(10)16-14-12/h2-9H,1H3. The van der Waals surface area contributed by atoms with Crippen molar-refractivity contribution in [1.29, 1.82) is 0 Å². The highest BCUT2D eigenvalue weighted by atomic mass is 32.1. The van der Waals surface area contributed by atoms with Crippen LogP contribution >= 0.6 is 11.5 Å². The molecule has 0 amide bonds. The lowest BCUT2D eigenvalue weighted by Gasteiger charge is -2.10. The molecular weight excluding hydrogens is 218 g/mol. The van der Waals surface area contributed by atoms with Crippen LogP contribution in [0.25, 0.3) is 10.1 Å². The molecule has 0 aliphatic carbocycles. The Morgan fingerprint density at radius 2 is 2.19 bits per heavy atom. The third-order valence-corrected chi connectivity index (χ3v) is 3.61. The number of rotatable bonds is 2. The molecule has 1 unspecified atom stereocenters. The molecule has 3 nitrogen and oxygen atoms in total. The van der Waals surface area contributed by atoms with E-state index in [1.165, 1.54) is 10.1 Å². The summed E-state index contributed by atoms with van der Waals surface area (Å²) < 4.78 is 7.86. The summed E-state index contributed by atoms with van der Waals surface area (Å²) in [6.45, 7) is 2.14. The number of aromatic nitrogens is 3. The number of nitrogens with zero attached hydrogens (tertiary/aromatic N) is 3. The molecule has 0 aliphatic rings. The maximum atomic E-state index is 4.54. The lowest BCUT2D eigenvalue weighted by atomic mass is 10.1. The smallest absolute Gasteiger partial charge is 0.0952 e. The van der Waals surface area contributed by atoms with Gasteiger partial charge in [-0.2, -0.15) is 4.37 Å². The van der Waals surface area contributed by atoms with Crippen LogP contribution in [0.4, 0.5) is 0 Å². The zero-order valence-corrected chi connectivity index (χ0v) is 9.69. The van der Waals surface area contributed by atoms with Crippen LogP contribution in [-0.2, 0) is 0 Å². The first-order valence-electron chi connectivity index (χ1n) is 5.18. The number of fused-ring (bicyclic) bond motifs is 1. The van der Waals surface area contributed by atoms with Crippen molar-refractivity contribution in [3.8, 4) is 0 Å². The maximum Gasteiger partial charge on any atom is 0.0952 e. The molecule has 0 radical (unpaired) electrons. The SMILES string of the molecule is CC(c1nsc2ccccc12)n1ccnc1. The number of hydrogen-bond acceptors (Lipinski definition) is 3. The molecule has 2 heterocycles. The van der Waals surface area contributed by atoms with Crippen LogP contribution in [0.15, 0.2) is 43.0 Å². The third kappa shape index (κ3) is 1.42. The molecule has 80 valence electrons. The molecule has 0 saturated heterocycles. The highest BCUT2D eigenvalue weighted by molar-refractivity contribution is 7.13. The number of imidazole rings is 1. The lowest BCUT2D eigenvalue weighted by molar-refractivity contribution is 0.631. The summed E-state index contributed by atoms with van der Waals surface area (Å²) in [6, 6.07) is 8.57. The Kier molecular flexibility index (Phi) is 2.22. The molecule has 1 atom stereocenters. The second-order valence-corrected chi connectivity index (χ2v) is 4.55. The third-order valence-electron chi connectivity index (χ3n) is 2.77. The van der Waals surface area contributed by atoms with Gasteiger partial charge in [-0.25, -0.2) is 4.98 Å². The maximum absolute atomic E-state index is 4.54. The molecular formula is C12H11N3S. The van der Waals surface area contributed by atoms with E-state index in [4.69, 9.17) is 0 Å². The van der Waals surface area contributed by atoms with Crippen LogP contribution in [0.3, 0.4) is 0 Å².